The summed E-state index contributed by atoms with van der Waals surface area (Å²) in [6, 6.07) is 6.61. The van der Waals surface area contributed by atoms with Gasteiger partial charge in [-0.25, -0.2) is 14.8 Å². The third-order valence-electron chi connectivity index (χ3n) is 6.23. The minimum Gasteiger partial charge on any atom is -0.477 e. The van der Waals surface area contributed by atoms with Crippen molar-refractivity contribution in [2.24, 2.45) is 0 Å². The number of carbonyl (C=O) groups excluding carboxylic acids is 1. The predicted molar refractivity (Wildman–Crippen MR) is 154 cm³/mol. The van der Waals surface area contributed by atoms with Crippen LogP contribution in [-0.2, 0) is 50.5 Å². The van der Waals surface area contributed by atoms with E-state index in [2.05, 4.69) is 9.97 Å². The molecule has 41 heavy (non-hydrogen) atoms. The van der Waals surface area contributed by atoms with Gasteiger partial charge in [0.15, 0.2) is 0 Å². The van der Waals surface area contributed by atoms with Gasteiger partial charge in [-0.1, -0.05) is 30.6 Å². The van der Waals surface area contributed by atoms with E-state index in [-0.39, 0.29) is 83.9 Å². The molecule has 0 atom stereocenters. The average Bonchev–Trinajstić information content (AvgIpc) is 2.94. The van der Waals surface area contributed by atoms with E-state index in [4.69, 9.17) is 33.0 Å². The van der Waals surface area contributed by atoms with Gasteiger partial charge >= 0.3 is 5.97 Å². The number of hydrogen-bond donors (Lipinski definition) is 1. The Labute approximate surface area is 270 Å². The van der Waals surface area contributed by atoms with E-state index in [0.29, 0.717) is 50.4 Å². The molecule has 0 saturated carbocycles. The summed E-state index contributed by atoms with van der Waals surface area (Å²) in [6.45, 7) is 6.93. The van der Waals surface area contributed by atoms with Gasteiger partial charge in [-0.3, -0.25) is 14.4 Å². The third-order valence-corrected chi connectivity index (χ3v) is 6.65. The summed E-state index contributed by atoms with van der Waals surface area (Å²) in [6.07, 6.45) is 2.93. The quantitative estimate of drug-likeness (QED) is 0.321. The van der Waals surface area contributed by atoms with Crippen molar-refractivity contribution in [1.29, 1.82) is 0 Å². The molecule has 1 aliphatic rings. The van der Waals surface area contributed by atoms with Crippen molar-refractivity contribution in [3.63, 3.8) is 0 Å². The summed E-state index contributed by atoms with van der Waals surface area (Å²) in [7, 11) is 0. The summed E-state index contributed by atoms with van der Waals surface area (Å²) in [5, 5.41) is 9.35. The molecule has 1 aliphatic heterocycles. The zero-order valence-corrected chi connectivity index (χ0v) is 26.1. The van der Waals surface area contributed by atoms with Crippen LogP contribution in [0.1, 0.15) is 42.0 Å². The summed E-state index contributed by atoms with van der Waals surface area (Å²) in [4.78, 5) is 57.7. The molecular weight excluding hydrogens is 650 g/mol. The van der Waals surface area contributed by atoms with Gasteiger partial charge in [0.2, 0.25) is 10.9 Å². The van der Waals surface area contributed by atoms with Gasteiger partial charge in [0.1, 0.15) is 32.5 Å². The van der Waals surface area contributed by atoms with E-state index >= 15 is 0 Å². The Morgan fingerprint density at radius 2 is 1.29 bits per heavy atom. The monoisotopic (exact) mass is 678 g/mol. The number of hydrogen-bond acceptors (Lipinski definition) is 7. The average molecular weight is 679 g/mol. The minimum absolute atomic E-state index is 0. The number of ether oxygens (including phenoxy) is 1. The number of morpholine rings is 1. The van der Waals surface area contributed by atoms with Gasteiger partial charge in [0.05, 0.1) is 24.2 Å². The molecule has 14 heteroatoms. The predicted octanol–water partition coefficient (Wildman–Crippen LogP) is 3.94. The van der Waals surface area contributed by atoms with Crippen molar-refractivity contribution < 1.29 is 52.1 Å². The van der Waals surface area contributed by atoms with E-state index in [1.54, 1.807) is 39.9 Å². The number of carbonyl (C=O) groups is 2. The van der Waals surface area contributed by atoms with Gasteiger partial charge in [0, 0.05) is 71.3 Å². The first-order chi connectivity index (χ1) is 18.7. The molecule has 0 spiro atoms. The molecule has 4 aromatic rings. The van der Waals surface area contributed by atoms with Crippen LogP contribution in [0.4, 0.5) is 0 Å². The second-order valence-corrected chi connectivity index (χ2v) is 9.30. The van der Waals surface area contributed by atoms with Gasteiger partial charge in [-0.15, -0.1) is 0 Å². The van der Waals surface area contributed by atoms with Crippen LogP contribution in [0.3, 0.4) is 0 Å². The molecule has 1 radical (unpaired) electrons. The number of aromatic nitrogens is 4. The molecule has 215 valence electrons. The van der Waals surface area contributed by atoms with Crippen LogP contribution in [0.25, 0.3) is 22.1 Å². The van der Waals surface area contributed by atoms with Crippen molar-refractivity contribution in [2.75, 3.05) is 26.3 Å². The number of aryl methyl sites for hydroxylation is 2. The maximum Gasteiger partial charge on any atom is 0.341 e. The molecule has 0 aromatic carbocycles. The number of carboxylic acids is 1. The Kier molecular flexibility index (Phi) is 12.6. The first-order valence-corrected chi connectivity index (χ1v) is 12.9. The fourth-order valence-electron chi connectivity index (χ4n) is 4.24. The van der Waals surface area contributed by atoms with Crippen LogP contribution in [-0.4, -0.2) is 67.3 Å². The molecule has 4 aromatic heterocycles. The van der Waals surface area contributed by atoms with Crippen molar-refractivity contribution in [1.82, 2.24) is 24.0 Å². The summed E-state index contributed by atoms with van der Waals surface area (Å²) in [5.41, 5.74) is 0.411. The molecule has 1 N–H and O–H groups in total. The molecule has 5 rings (SSSR count). The van der Waals surface area contributed by atoms with Crippen LogP contribution in [0.2, 0.25) is 10.3 Å². The first kappa shape index (κ1) is 34.5. The molecule has 0 unspecified atom stereocenters. The smallest absolute Gasteiger partial charge is 0.341 e. The second-order valence-electron chi connectivity index (χ2n) is 8.53. The van der Waals surface area contributed by atoms with Crippen LogP contribution >= 0.6 is 23.2 Å². The molecule has 1 amide bonds. The Bertz CT molecular complexity index is 1700. The molecule has 0 aliphatic carbocycles. The number of nitrogens with zero attached hydrogens (tertiary/aromatic N) is 5. The molecular formula is C27H29Cl2N5O6Y. The molecule has 0 bridgehead atoms. The third kappa shape index (κ3) is 7.39. The van der Waals surface area contributed by atoms with E-state index in [1.165, 1.54) is 6.20 Å². The largest absolute Gasteiger partial charge is 0.477 e. The molecule has 5 heterocycles. The van der Waals surface area contributed by atoms with Gasteiger partial charge in [-0.2, -0.15) is 0 Å². The van der Waals surface area contributed by atoms with Crippen molar-refractivity contribution in [3.05, 3.63) is 78.5 Å². The number of amides is 1. The van der Waals surface area contributed by atoms with Crippen LogP contribution in [0, 0.1) is 0 Å². The zero-order chi connectivity index (χ0) is 28.3. The van der Waals surface area contributed by atoms with Gasteiger partial charge in [0.25, 0.3) is 5.91 Å². The molecule has 11 nitrogen and oxygen atoms in total. The number of carboxylic acid groups (broad SMARTS) is 1. The van der Waals surface area contributed by atoms with E-state index < -0.39 is 11.4 Å². The maximum atomic E-state index is 12.6. The van der Waals surface area contributed by atoms with E-state index in [1.807, 2.05) is 18.4 Å². The standard InChI is InChI=1S/C15H16ClN3O3.C11H9ClN2O3.CH4.Y/c1-2-18-9-10(15(21)19-5-7-22-8-6-19)14(20)13-11(18)3-4-12(16)17-13;1-2-14-5-6(11(16)17)10(15)9-7(14)3-4-8(12)13-9;;/h3-4,9H,2,5-8H2,1H3;3-5H,2H2,1H3,(H,16,17);1H4;. The molecule has 1 saturated heterocycles. The minimum atomic E-state index is -1.26. The van der Waals surface area contributed by atoms with Gasteiger partial charge in [-0.05, 0) is 38.1 Å². The number of fused-ring (bicyclic) bond motifs is 2. The SMILES string of the molecule is C.CCn1cc(C(=O)N2CCOCC2)c(=O)c2nc(Cl)ccc21.CCn1cc(C(=O)O)c(=O)c2nc(Cl)ccc21.[Y]. The van der Waals surface area contributed by atoms with Crippen molar-refractivity contribution in [2.45, 2.75) is 34.4 Å². The van der Waals surface area contributed by atoms with Crippen LogP contribution in [0.15, 0.2) is 46.2 Å². The van der Waals surface area contributed by atoms with Crippen molar-refractivity contribution in [3.8, 4) is 0 Å². The first-order valence-electron chi connectivity index (χ1n) is 12.2. The Morgan fingerprint density at radius 1 is 0.854 bits per heavy atom. The van der Waals surface area contributed by atoms with Crippen LogP contribution in [0.5, 0.6) is 0 Å². The fourth-order valence-corrected chi connectivity index (χ4v) is 4.54. The summed E-state index contributed by atoms with van der Waals surface area (Å²) < 4.78 is 8.74. The van der Waals surface area contributed by atoms with Crippen molar-refractivity contribution >= 4 is 57.1 Å². The fraction of sp³-hybridized carbons (Fsp3) is 0.333. The maximum absolute atomic E-state index is 12.6. The van der Waals surface area contributed by atoms with Gasteiger partial charge < -0.3 is 23.9 Å². The Hall–Kier alpha value is -2.70. The number of pyridine rings is 4. The number of aromatic carboxylic acids is 1. The normalized spacial score (nSPS) is 12.6. The van der Waals surface area contributed by atoms with Crippen LogP contribution < -0.4 is 10.9 Å². The zero-order valence-electron chi connectivity index (χ0n) is 21.8. The second kappa shape index (κ2) is 15.0. The summed E-state index contributed by atoms with van der Waals surface area (Å²) >= 11 is 11.6. The summed E-state index contributed by atoms with van der Waals surface area (Å²) in [5.74, 6) is -1.54. The van der Waals surface area contributed by atoms with E-state index in [0.717, 1.165) is 0 Å². The number of rotatable bonds is 4. The Morgan fingerprint density at radius 3 is 1.73 bits per heavy atom. The number of halogens is 2. The molecule has 1 fully saturated rings. The van der Waals surface area contributed by atoms with E-state index in [9.17, 15) is 19.2 Å². The Balaban J connectivity index is 0.000000282. The topological polar surface area (TPSA) is 137 Å².